The summed E-state index contributed by atoms with van der Waals surface area (Å²) < 4.78 is 59.3. The van der Waals surface area contributed by atoms with E-state index in [1.54, 1.807) is 12.1 Å². The number of nitrogens with zero attached hydrogens (tertiary/aromatic N) is 4. The summed E-state index contributed by atoms with van der Waals surface area (Å²) in [6, 6.07) is 17.8. The summed E-state index contributed by atoms with van der Waals surface area (Å²) in [5.74, 6) is 1.19. The standard InChI is InChI=1S/C32H32Cl2FN5O5S/c1-38(10-11-39-12-14-40(15-13-39)20-22-2-7-30-31(16-22)44-21-43-30)24-4-8-29(28(35)17-24)45-32-9-3-23(19-36-32)37-46(41,42)25-5-6-26(33)27(34)18-25/h2-9,16-19,37H,10-15,20-21H2,1H3. The van der Waals surface area contributed by atoms with Gasteiger partial charge in [0.05, 0.1) is 26.8 Å². The summed E-state index contributed by atoms with van der Waals surface area (Å²) in [6.07, 6.45) is 1.28. The van der Waals surface area contributed by atoms with E-state index >= 15 is 4.39 Å². The summed E-state index contributed by atoms with van der Waals surface area (Å²) in [5.41, 5.74) is 2.14. The number of anilines is 2. The molecule has 0 spiro atoms. The number of benzene rings is 3. The van der Waals surface area contributed by atoms with Crippen LogP contribution in [0.15, 0.2) is 77.8 Å². The molecule has 3 aromatic carbocycles. The summed E-state index contributed by atoms with van der Waals surface area (Å²) in [6.45, 7) is 6.61. The lowest BCUT2D eigenvalue weighted by molar-refractivity contribution is 0.129. The zero-order valence-electron chi connectivity index (χ0n) is 25.0. The normalized spacial score (nSPS) is 15.1. The lowest BCUT2D eigenvalue weighted by Gasteiger charge is -2.35. The fraction of sp³-hybridized carbons (Fsp3) is 0.281. The predicted octanol–water partition coefficient (Wildman–Crippen LogP) is 6.10. The molecule has 10 nitrogen and oxygen atoms in total. The van der Waals surface area contributed by atoms with Gasteiger partial charge in [-0.2, -0.15) is 0 Å². The van der Waals surface area contributed by atoms with Crippen molar-refractivity contribution in [1.82, 2.24) is 14.8 Å². The van der Waals surface area contributed by atoms with Gasteiger partial charge in [0.25, 0.3) is 10.0 Å². The molecule has 0 saturated carbocycles. The second-order valence-electron chi connectivity index (χ2n) is 11.0. The van der Waals surface area contributed by atoms with E-state index in [1.807, 2.05) is 18.0 Å². The van der Waals surface area contributed by atoms with Gasteiger partial charge >= 0.3 is 0 Å². The number of piperazine rings is 1. The zero-order valence-corrected chi connectivity index (χ0v) is 27.3. The van der Waals surface area contributed by atoms with Crippen molar-refractivity contribution in [3.05, 3.63) is 94.4 Å². The first-order valence-corrected chi connectivity index (χ1v) is 16.8. The Morgan fingerprint density at radius 3 is 2.46 bits per heavy atom. The van der Waals surface area contributed by atoms with E-state index in [1.165, 1.54) is 48.2 Å². The fourth-order valence-corrected chi connectivity index (χ4v) is 6.60. The first kappa shape index (κ1) is 32.1. The third kappa shape index (κ3) is 7.76. The van der Waals surface area contributed by atoms with Crippen molar-refractivity contribution in [2.24, 2.45) is 0 Å². The topological polar surface area (TPSA) is 96.5 Å². The van der Waals surface area contributed by atoms with E-state index in [0.717, 1.165) is 63.0 Å². The van der Waals surface area contributed by atoms with Crippen LogP contribution in [0.2, 0.25) is 10.0 Å². The molecule has 1 aromatic heterocycles. The molecule has 3 heterocycles. The number of rotatable bonds is 11. The van der Waals surface area contributed by atoms with Gasteiger partial charge in [0, 0.05) is 70.7 Å². The van der Waals surface area contributed by atoms with Crippen molar-refractivity contribution in [2.75, 3.05) is 62.7 Å². The smallest absolute Gasteiger partial charge is 0.261 e. The lowest BCUT2D eigenvalue weighted by atomic mass is 10.1. The first-order valence-electron chi connectivity index (χ1n) is 14.6. The van der Waals surface area contributed by atoms with Crippen molar-refractivity contribution < 1.29 is 27.0 Å². The number of nitrogens with one attached hydrogen (secondary N) is 1. The van der Waals surface area contributed by atoms with Gasteiger partial charge in [-0.3, -0.25) is 14.5 Å². The van der Waals surface area contributed by atoms with Gasteiger partial charge in [-0.1, -0.05) is 29.3 Å². The van der Waals surface area contributed by atoms with Crippen LogP contribution < -0.4 is 23.8 Å². The van der Waals surface area contributed by atoms with Gasteiger partial charge in [0.1, 0.15) is 0 Å². The number of hydrogen-bond acceptors (Lipinski definition) is 9. The highest BCUT2D eigenvalue weighted by atomic mass is 35.5. The summed E-state index contributed by atoms with van der Waals surface area (Å²) in [7, 11) is -1.99. The van der Waals surface area contributed by atoms with Crippen LogP contribution in [-0.2, 0) is 16.6 Å². The second kappa shape index (κ2) is 13.9. The van der Waals surface area contributed by atoms with Crippen molar-refractivity contribution in [3.8, 4) is 23.1 Å². The molecule has 1 fully saturated rings. The molecule has 2 aliphatic heterocycles. The molecule has 4 aromatic rings. The maximum Gasteiger partial charge on any atom is 0.261 e. The molecule has 0 atom stereocenters. The highest BCUT2D eigenvalue weighted by Crippen LogP contribution is 2.33. The molecule has 14 heteroatoms. The van der Waals surface area contributed by atoms with Crippen molar-refractivity contribution in [3.63, 3.8) is 0 Å². The Balaban J connectivity index is 0.966. The highest BCUT2D eigenvalue weighted by molar-refractivity contribution is 7.92. The van der Waals surface area contributed by atoms with E-state index in [9.17, 15) is 8.42 Å². The Labute approximate surface area is 277 Å². The van der Waals surface area contributed by atoms with Crippen LogP contribution in [0.4, 0.5) is 15.8 Å². The van der Waals surface area contributed by atoms with Gasteiger partial charge in [-0.15, -0.1) is 0 Å². The molecule has 0 amide bonds. The van der Waals surface area contributed by atoms with E-state index in [2.05, 4.69) is 31.6 Å². The Bertz CT molecular complexity index is 1810. The quantitative estimate of drug-likeness (QED) is 0.201. The van der Waals surface area contributed by atoms with Crippen LogP contribution in [0.5, 0.6) is 23.1 Å². The second-order valence-corrected chi connectivity index (χ2v) is 13.5. The molecule has 0 radical (unpaired) electrons. The molecule has 2 aliphatic rings. The van der Waals surface area contributed by atoms with Crippen molar-refractivity contribution in [1.29, 1.82) is 0 Å². The fourth-order valence-electron chi connectivity index (χ4n) is 5.17. The Morgan fingerprint density at radius 2 is 1.72 bits per heavy atom. The van der Waals surface area contributed by atoms with Gasteiger partial charge in [-0.25, -0.2) is 17.8 Å². The van der Waals surface area contributed by atoms with Crippen LogP contribution in [-0.4, -0.2) is 76.3 Å². The average Bonchev–Trinajstić information content (AvgIpc) is 3.51. The molecule has 0 unspecified atom stereocenters. The Kier molecular flexibility index (Phi) is 9.71. The number of hydrogen-bond donors (Lipinski definition) is 1. The average molecular weight is 689 g/mol. The van der Waals surface area contributed by atoms with Gasteiger partial charge in [0.15, 0.2) is 23.1 Å². The number of sulfonamides is 1. The summed E-state index contributed by atoms with van der Waals surface area (Å²) >= 11 is 11.8. The van der Waals surface area contributed by atoms with Crippen LogP contribution >= 0.6 is 23.2 Å². The highest BCUT2D eigenvalue weighted by Gasteiger charge is 2.20. The molecule has 242 valence electrons. The molecule has 6 rings (SSSR count). The van der Waals surface area contributed by atoms with E-state index in [4.69, 9.17) is 37.4 Å². The third-order valence-electron chi connectivity index (χ3n) is 7.82. The van der Waals surface area contributed by atoms with Crippen molar-refractivity contribution in [2.45, 2.75) is 11.4 Å². The first-order chi connectivity index (χ1) is 22.1. The van der Waals surface area contributed by atoms with Crippen molar-refractivity contribution >= 4 is 44.6 Å². The molecular weight excluding hydrogens is 656 g/mol. The summed E-state index contributed by atoms with van der Waals surface area (Å²) in [5, 5.41) is 0.366. The number of ether oxygens (including phenoxy) is 3. The monoisotopic (exact) mass is 687 g/mol. The Morgan fingerprint density at radius 1 is 0.935 bits per heavy atom. The van der Waals surface area contributed by atoms with Gasteiger partial charge < -0.3 is 19.1 Å². The maximum atomic E-state index is 15.0. The Hall–Kier alpha value is -3.81. The van der Waals surface area contributed by atoms with Crippen LogP contribution in [0, 0.1) is 5.82 Å². The number of fused-ring (bicyclic) bond motifs is 1. The molecular formula is C32H32Cl2FN5O5S. The lowest BCUT2D eigenvalue weighted by Crippen LogP contribution is -2.47. The van der Waals surface area contributed by atoms with Crippen LogP contribution in [0.3, 0.4) is 0 Å². The number of pyridine rings is 1. The predicted molar refractivity (Wildman–Crippen MR) is 176 cm³/mol. The van der Waals surface area contributed by atoms with Crippen LogP contribution in [0.1, 0.15) is 5.56 Å². The van der Waals surface area contributed by atoms with E-state index in [-0.39, 0.29) is 39.1 Å². The molecule has 0 aliphatic carbocycles. The van der Waals surface area contributed by atoms with E-state index in [0.29, 0.717) is 0 Å². The van der Waals surface area contributed by atoms with Gasteiger partial charge in [0.2, 0.25) is 12.7 Å². The maximum absolute atomic E-state index is 15.0. The third-order valence-corrected chi connectivity index (χ3v) is 9.94. The SMILES string of the molecule is CN(CCN1CCN(Cc2ccc3c(c2)OCO3)CC1)c1ccc(Oc2ccc(NS(=O)(=O)c3ccc(Cl)c(Cl)c3)cn2)c(F)c1. The minimum Gasteiger partial charge on any atom is -0.454 e. The molecule has 0 bridgehead atoms. The van der Waals surface area contributed by atoms with Gasteiger partial charge in [-0.05, 0) is 54.1 Å². The number of likely N-dealkylation sites (N-methyl/N-ethyl adjacent to an activating group) is 1. The molecule has 46 heavy (non-hydrogen) atoms. The minimum absolute atomic E-state index is 0.00682. The summed E-state index contributed by atoms with van der Waals surface area (Å²) in [4.78, 5) is 10.9. The van der Waals surface area contributed by atoms with Crippen LogP contribution in [0.25, 0.3) is 0 Å². The zero-order chi connectivity index (χ0) is 32.3. The molecule has 1 N–H and O–H groups in total. The largest absolute Gasteiger partial charge is 0.454 e. The minimum atomic E-state index is -3.92. The van der Waals surface area contributed by atoms with E-state index < -0.39 is 15.8 Å². The molecule has 1 saturated heterocycles. The number of aromatic nitrogens is 1. The number of halogens is 3.